The van der Waals surface area contributed by atoms with Gasteiger partial charge in [-0.1, -0.05) is 54.6 Å². The van der Waals surface area contributed by atoms with E-state index in [-0.39, 0.29) is 0 Å². The van der Waals surface area contributed by atoms with Gasteiger partial charge in [0.2, 0.25) is 0 Å². The number of hydrogen-bond acceptors (Lipinski definition) is 2. The van der Waals surface area contributed by atoms with E-state index in [0.717, 1.165) is 40.9 Å². The van der Waals surface area contributed by atoms with E-state index in [2.05, 4.69) is 81.7 Å². The first-order valence-electron chi connectivity index (χ1n) is 9.30. The maximum Gasteiger partial charge on any atom is 0.121 e. The summed E-state index contributed by atoms with van der Waals surface area (Å²) >= 11 is 0. The van der Waals surface area contributed by atoms with Gasteiger partial charge in [-0.2, -0.15) is 5.10 Å². The summed E-state index contributed by atoms with van der Waals surface area (Å²) in [6, 6.07) is 25.5. The number of H-pyrrole nitrogens is 2. The third-order valence-corrected chi connectivity index (χ3v) is 5.55. The van der Waals surface area contributed by atoms with Crippen LogP contribution in [-0.4, -0.2) is 21.7 Å². The van der Waals surface area contributed by atoms with Crippen LogP contribution in [0.3, 0.4) is 0 Å². The van der Waals surface area contributed by atoms with Gasteiger partial charge in [0.15, 0.2) is 0 Å². The molecule has 5 aromatic rings. The zero-order valence-electron chi connectivity index (χ0n) is 14.7. The summed E-state index contributed by atoms with van der Waals surface area (Å²) in [7, 11) is 0. The fourth-order valence-corrected chi connectivity index (χ4v) is 4.29. The average Bonchev–Trinajstić information content (AvgIpc) is 3.42. The molecular formula is C23H18N4. The monoisotopic (exact) mass is 350 g/mol. The topological polar surface area (TPSA) is 47.7 Å². The van der Waals surface area contributed by atoms with Gasteiger partial charge < -0.3 is 9.88 Å². The molecule has 1 aliphatic rings. The number of fused-ring (bicyclic) bond motifs is 3. The van der Waals surface area contributed by atoms with Crippen LogP contribution in [-0.2, 0) is 6.42 Å². The van der Waals surface area contributed by atoms with Gasteiger partial charge in [-0.15, -0.1) is 0 Å². The lowest BCUT2D eigenvalue weighted by molar-refractivity contribution is 0.983. The molecule has 0 saturated carbocycles. The van der Waals surface area contributed by atoms with Crippen LogP contribution in [0.1, 0.15) is 5.56 Å². The first-order chi connectivity index (χ1) is 13.4. The molecule has 0 amide bonds. The van der Waals surface area contributed by atoms with Crippen molar-refractivity contribution in [2.45, 2.75) is 6.42 Å². The Morgan fingerprint density at radius 1 is 0.778 bits per heavy atom. The van der Waals surface area contributed by atoms with Crippen molar-refractivity contribution in [1.82, 2.24) is 15.2 Å². The zero-order valence-corrected chi connectivity index (χ0v) is 14.7. The molecule has 4 heteroatoms. The van der Waals surface area contributed by atoms with E-state index < -0.39 is 0 Å². The van der Waals surface area contributed by atoms with E-state index in [0.29, 0.717) is 0 Å². The summed E-state index contributed by atoms with van der Waals surface area (Å²) in [5.74, 6) is 1.12. The number of aromatic amines is 2. The molecule has 0 unspecified atom stereocenters. The predicted molar refractivity (Wildman–Crippen MR) is 111 cm³/mol. The number of nitrogens with one attached hydrogen (secondary N) is 2. The Morgan fingerprint density at radius 3 is 2.44 bits per heavy atom. The van der Waals surface area contributed by atoms with Crippen LogP contribution in [0.2, 0.25) is 0 Å². The summed E-state index contributed by atoms with van der Waals surface area (Å²) in [6.45, 7) is 0.974. The summed E-state index contributed by atoms with van der Waals surface area (Å²) < 4.78 is 0. The molecule has 3 heterocycles. The van der Waals surface area contributed by atoms with Crippen molar-refractivity contribution < 1.29 is 0 Å². The molecule has 1 aliphatic heterocycles. The molecule has 27 heavy (non-hydrogen) atoms. The minimum atomic E-state index is 0.974. The minimum Gasteiger partial charge on any atom is -0.341 e. The fourth-order valence-electron chi connectivity index (χ4n) is 4.29. The Balaban J connectivity index is 1.66. The van der Waals surface area contributed by atoms with Crippen molar-refractivity contribution in [3.63, 3.8) is 0 Å². The van der Waals surface area contributed by atoms with Crippen molar-refractivity contribution >= 4 is 33.3 Å². The van der Waals surface area contributed by atoms with Crippen molar-refractivity contribution in [1.29, 1.82) is 0 Å². The highest BCUT2D eigenvalue weighted by Crippen LogP contribution is 2.44. The average molecular weight is 350 g/mol. The lowest BCUT2D eigenvalue weighted by atomic mass is 10.1. The van der Waals surface area contributed by atoms with Crippen LogP contribution in [0.25, 0.3) is 33.1 Å². The molecule has 3 aromatic carbocycles. The molecule has 0 aliphatic carbocycles. The lowest BCUT2D eigenvalue weighted by Gasteiger charge is -2.19. The van der Waals surface area contributed by atoms with Crippen LogP contribution < -0.4 is 4.90 Å². The van der Waals surface area contributed by atoms with Crippen molar-refractivity contribution in [3.05, 3.63) is 78.4 Å². The molecule has 0 bridgehead atoms. The van der Waals surface area contributed by atoms with Crippen LogP contribution >= 0.6 is 0 Å². The number of anilines is 2. The maximum absolute atomic E-state index is 4.70. The fraction of sp³-hybridized carbons (Fsp3) is 0.0870. The molecule has 4 nitrogen and oxygen atoms in total. The Kier molecular flexibility index (Phi) is 2.97. The second-order valence-corrected chi connectivity index (χ2v) is 7.04. The first kappa shape index (κ1) is 14.6. The standard InChI is InChI=1S/C23H18N4/c1-6-12-20-15(7-1)13-14-27(20)23-21(16-8-2-4-10-18(16)24-23)22-17-9-3-5-11-19(17)25-26-22/h1-12,24H,13-14H2,(H,25,26). The summed E-state index contributed by atoms with van der Waals surface area (Å²) in [5.41, 5.74) is 7.05. The number of rotatable bonds is 2. The second-order valence-electron chi connectivity index (χ2n) is 7.04. The van der Waals surface area contributed by atoms with Gasteiger partial charge in [-0.3, -0.25) is 5.10 Å². The van der Waals surface area contributed by atoms with Crippen LogP contribution in [0, 0.1) is 0 Å². The maximum atomic E-state index is 4.70. The Hall–Kier alpha value is -3.53. The Morgan fingerprint density at radius 2 is 1.52 bits per heavy atom. The number of aromatic nitrogens is 3. The normalized spacial score (nSPS) is 13.6. The van der Waals surface area contributed by atoms with Gasteiger partial charge in [0, 0.05) is 28.5 Å². The Bertz CT molecular complexity index is 1290. The van der Waals surface area contributed by atoms with Gasteiger partial charge in [0.1, 0.15) is 11.5 Å². The number of nitrogens with zero attached hydrogens (tertiary/aromatic N) is 2. The van der Waals surface area contributed by atoms with E-state index in [1.807, 2.05) is 6.07 Å². The van der Waals surface area contributed by atoms with Gasteiger partial charge in [0.05, 0.1) is 11.1 Å². The first-order valence-corrected chi connectivity index (χ1v) is 9.30. The van der Waals surface area contributed by atoms with E-state index in [4.69, 9.17) is 5.10 Å². The highest BCUT2D eigenvalue weighted by molar-refractivity contribution is 6.08. The Labute approximate surface area is 156 Å². The largest absolute Gasteiger partial charge is 0.341 e. The number of hydrogen-bond donors (Lipinski definition) is 2. The highest BCUT2D eigenvalue weighted by atomic mass is 15.2. The summed E-state index contributed by atoms with van der Waals surface area (Å²) in [5, 5.41) is 10.3. The van der Waals surface area contributed by atoms with Crippen LogP contribution in [0.5, 0.6) is 0 Å². The number of para-hydroxylation sites is 3. The molecule has 0 atom stereocenters. The molecular weight excluding hydrogens is 332 g/mol. The molecule has 6 rings (SSSR count). The highest BCUT2D eigenvalue weighted by Gasteiger charge is 2.27. The SMILES string of the molecule is c1ccc2c(c1)CCN2c1[nH]c2ccccc2c1-c1n[nH]c2ccccc12. The third-order valence-electron chi connectivity index (χ3n) is 5.55. The molecule has 0 radical (unpaired) electrons. The van der Waals surface area contributed by atoms with Crippen LogP contribution in [0.15, 0.2) is 72.8 Å². The van der Waals surface area contributed by atoms with E-state index >= 15 is 0 Å². The van der Waals surface area contributed by atoms with Gasteiger partial charge in [0.25, 0.3) is 0 Å². The van der Waals surface area contributed by atoms with Gasteiger partial charge in [-0.25, -0.2) is 0 Å². The lowest BCUT2D eigenvalue weighted by Crippen LogP contribution is -2.14. The molecule has 0 fully saturated rings. The molecule has 2 aromatic heterocycles. The van der Waals surface area contributed by atoms with Crippen molar-refractivity contribution in [3.8, 4) is 11.3 Å². The van der Waals surface area contributed by atoms with E-state index in [1.54, 1.807) is 0 Å². The number of benzene rings is 3. The summed E-state index contributed by atoms with van der Waals surface area (Å²) in [4.78, 5) is 6.07. The quantitative estimate of drug-likeness (QED) is 0.447. The third kappa shape index (κ3) is 2.07. The predicted octanol–water partition coefficient (Wildman–Crippen LogP) is 5.41. The molecule has 2 N–H and O–H groups in total. The zero-order chi connectivity index (χ0) is 17.8. The van der Waals surface area contributed by atoms with Gasteiger partial charge >= 0.3 is 0 Å². The smallest absolute Gasteiger partial charge is 0.121 e. The second kappa shape index (κ2) is 5.48. The van der Waals surface area contributed by atoms with E-state index in [1.165, 1.54) is 22.2 Å². The van der Waals surface area contributed by atoms with E-state index in [9.17, 15) is 0 Å². The van der Waals surface area contributed by atoms with Gasteiger partial charge in [-0.05, 0) is 30.2 Å². The molecule has 0 spiro atoms. The van der Waals surface area contributed by atoms with Crippen LogP contribution in [0.4, 0.5) is 11.5 Å². The minimum absolute atomic E-state index is 0.974. The summed E-state index contributed by atoms with van der Waals surface area (Å²) in [6.07, 6.45) is 1.06. The molecule has 0 saturated heterocycles. The van der Waals surface area contributed by atoms with Crippen molar-refractivity contribution in [2.24, 2.45) is 0 Å². The van der Waals surface area contributed by atoms with Crippen molar-refractivity contribution in [2.75, 3.05) is 11.4 Å². The molecule has 130 valence electrons.